The number of amidine groups is 1. The van der Waals surface area contributed by atoms with Gasteiger partial charge in [0.15, 0.2) is 17.1 Å². The predicted molar refractivity (Wildman–Crippen MR) is 135 cm³/mol. The number of aliphatic hydroxyl groups excluding tert-OH is 1. The highest BCUT2D eigenvalue weighted by atomic mass is 32.2. The Bertz CT molecular complexity index is 1450. The predicted octanol–water partition coefficient (Wildman–Crippen LogP) is 3.91. The number of nitrogens with two attached hydrogens (primary N) is 1. The number of nitrogens with zero attached hydrogens (tertiary/aromatic N) is 5. The molecule has 9 nitrogen and oxygen atoms in total. The van der Waals surface area contributed by atoms with Gasteiger partial charge in [0.05, 0.1) is 33.9 Å². The van der Waals surface area contributed by atoms with Gasteiger partial charge in [0.25, 0.3) is 0 Å². The van der Waals surface area contributed by atoms with Gasteiger partial charge in [-0.3, -0.25) is 4.99 Å². The van der Waals surface area contributed by atoms with Crippen molar-refractivity contribution in [1.82, 2.24) is 19.9 Å². The molecule has 3 aromatic heterocycles. The van der Waals surface area contributed by atoms with Crippen molar-refractivity contribution in [2.24, 2.45) is 16.6 Å². The number of aliphatic hydroxyl groups is 1. The Morgan fingerprint density at radius 2 is 1.97 bits per heavy atom. The van der Waals surface area contributed by atoms with E-state index in [1.165, 1.54) is 45.6 Å². The molecule has 0 bridgehead atoms. The van der Waals surface area contributed by atoms with Gasteiger partial charge < -0.3 is 20.9 Å². The Morgan fingerprint density at radius 1 is 1.24 bits per heavy atom. The molecule has 0 unspecified atom stereocenters. The average molecular weight is 550 g/mol. The lowest BCUT2D eigenvalue weighted by atomic mass is 9.72. The fraction of sp³-hybridized carbons (Fsp3) is 0.375. The second kappa shape index (κ2) is 9.88. The van der Waals surface area contributed by atoms with E-state index < -0.39 is 34.4 Å². The second-order valence-corrected chi connectivity index (χ2v) is 10.5. The van der Waals surface area contributed by atoms with Crippen molar-refractivity contribution < 1.29 is 27.4 Å². The fourth-order valence-electron chi connectivity index (χ4n) is 4.36. The summed E-state index contributed by atoms with van der Waals surface area (Å²) in [5.74, 6) is 1.04. The van der Waals surface area contributed by atoms with Gasteiger partial charge >= 0.3 is 6.18 Å². The van der Waals surface area contributed by atoms with Crippen LogP contribution in [0.3, 0.4) is 0 Å². The minimum atomic E-state index is -4.93. The lowest BCUT2D eigenvalue weighted by Gasteiger charge is -2.49. The molecule has 0 aliphatic carbocycles. The molecule has 38 heavy (non-hydrogen) atoms. The van der Waals surface area contributed by atoms with E-state index in [1.807, 2.05) is 0 Å². The molecule has 0 aromatic carbocycles. The van der Waals surface area contributed by atoms with E-state index >= 15 is 4.39 Å². The summed E-state index contributed by atoms with van der Waals surface area (Å²) in [5, 5.41) is 13.0. The van der Waals surface area contributed by atoms with E-state index in [-0.39, 0.29) is 28.8 Å². The smallest absolute Gasteiger partial charge is 0.415 e. The van der Waals surface area contributed by atoms with Crippen molar-refractivity contribution >= 4 is 39.5 Å². The zero-order chi connectivity index (χ0) is 27.9. The van der Waals surface area contributed by atoms with Crippen LogP contribution in [-0.4, -0.2) is 53.8 Å². The third-order valence-corrected chi connectivity index (χ3v) is 7.96. The van der Waals surface area contributed by atoms with Crippen LogP contribution in [0.5, 0.6) is 5.75 Å². The van der Waals surface area contributed by atoms with Crippen molar-refractivity contribution in [3.05, 3.63) is 42.4 Å². The van der Waals surface area contributed by atoms with Gasteiger partial charge in [-0.25, -0.2) is 19.9 Å². The molecule has 4 atom stereocenters. The molecule has 4 rings (SSSR count). The Hall–Kier alpha value is -3.70. The average Bonchev–Trinajstić information content (AvgIpc) is 2.86. The number of aromatic nitrogens is 4. The number of hydrogen-bond donors (Lipinski definition) is 3. The monoisotopic (exact) mass is 549 g/mol. The molecule has 0 saturated carbocycles. The molecule has 14 heteroatoms. The SMILES string of the molecule is C#CCOc1cnc2c(Nc3cnc(F)c([C@@]4(C)N=C(N)S[C@](C)([C@@H](O)C(F)(F)F)[C@H]4C)c3)ncnc2c1. The summed E-state index contributed by atoms with van der Waals surface area (Å²) in [4.78, 5) is 20.8. The highest BCUT2D eigenvalue weighted by molar-refractivity contribution is 8.15. The topological polar surface area (TPSA) is 131 Å². The van der Waals surface area contributed by atoms with Crippen LogP contribution in [0.25, 0.3) is 11.0 Å². The van der Waals surface area contributed by atoms with Gasteiger partial charge in [-0.15, -0.1) is 6.42 Å². The Labute approximate surface area is 219 Å². The molecule has 4 N–H and O–H groups in total. The molecule has 0 fully saturated rings. The number of hydrogen-bond acceptors (Lipinski definition) is 10. The molecular weight excluding hydrogens is 526 g/mol. The maximum Gasteiger partial charge on any atom is 0.415 e. The number of anilines is 2. The van der Waals surface area contributed by atoms with E-state index in [4.69, 9.17) is 16.9 Å². The van der Waals surface area contributed by atoms with Crippen LogP contribution in [0.1, 0.15) is 26.3 Å². The first-order valence-corrected chi connectivity index (χ1v) is 12.0. The second-order valence-electron chi connectivity index (χ2n) is 8.99. The fourth-order valence-corrected chi connectivity index (χ4v) is 5.70. The summed E-state index contributed by atoms with van der Waals surface area (Å²) in [6.07, 6.45) is 1.45. The van der Waals surface area contributed by atoms with Gasteiger partial charge in [-0.05, 0) is 19.9 Å². The van der Waals surface area contributed by atoms with E-state index in [0.717, 1.165) is 0 Å². The molecule has 0 amide bonds. The molecule has 200 valence electrons. The van der Waals surface area contributed by atoms with Crippen molar-refractivity contribution in [3.8, 4) is 18.1 Å². The Balaban J connectivity index is 1.73. The third kappa shape index (κ3) is 4.91. The van der Waals surface area contributed by atoms with Crippen molar-refractivity contribution in [2.45, 2.75) is 43.3 Å². The molecule has 0 radical (unpaired) electrons. The molecule has 4 heterocycles. The van der Waals surface area contributed by atoms with Crippen LogP contribution < -0.4 is 15.8 Å². The standard InChI is InChI=1S/C24H23F4N7O2S/c1-5-6-37-14-8-16-17(30-10-14)19(33-11-32-16)34-13-7-15(18(25)31-9-13)22(3)12(2)23(4,38-21(29)35-22)20(36)24(26,27)28/h1,7-12,20,36H,6H2,2-4H3,(H2,29,35)(H,32,33,34)/t12-,20+,22-,23-/m0/s1. The summed E-state index contributed by atoms with van der Waals surface area (Å²) >= 11 is 0.602. The van der Waals surface area contributed by atoms with Gasteiger partial charge in [0, 0.05) is 17.5 Å². The van der Waals surface area contributed by atoms with Crippen LogP contribution in [0, 0.1) is 24.2 Å². The summed E-state index contributed by atoms with van der Waals surface area (Å²) in [5.41, 5.74) is 5.26. The van der Waals surface area contributed by atoms with Gasteiger partial charge in [0.2, 0.25) is 5.95 Å². The largest absolute Gasteiger partial charge is 0.479 e. The lowest BCUT2D eigenvalue weighted by Crippen LogP contribution is -2.58. The van der Waals surface area contributed by atoms with E-state index in [0.29, 0.717) is 28.5 Å². The van der Waals surface area contributed by atoms with Crippen LogP contribution in [0.2, 0.25) is 0 Å². The molecule has 0 saturated heterocycles. The number of halogens is 4. The minimum Gasteiger partial charge on any atom is -0.479 e. The van der Waals surface area contributed by atoms with Crippen LogP contribution in [0.15, 0.2) is 35.8 Å². The Kier molecular flexibility index (Phi) is 7.11. The first-order valence-electron chi connectivity index (χ1n) is 11.2. The number of rotatable bonds is 6. The van der Waals surface area contributed by atoms with Gasteiger partial charge in [-0.2, -0.15) is 17.6 Å². The lowest BCUT2D eigenvalue weighted by molar-refractivity contribution is -0.217. The summed E-state index contributed by atoms with van der Waals surface area (Å²) in [7, 11) is 0. The molecule has 3 aromatic rings. The number of fused-ring (bicyclic) bond motifs is 1. The first kappa shape index (κ1) is 27.3. The maximum atomic E-state index is 15.1. The van der Waals surface area contributed by atoms with Crippen LogP contribution in [-0.2, 0) is 5.54 Å². The summed E-state index contributed by atoms with van der Waals surface area (Å²) < 4.78 is 59.3. The van der Waals surface area contributed by atoms with Crippen molar-refractivity contribution in [3.63, 3.8) is 0 Å². The molecule has 1 aliphatic heterocycles. The normalized spacial score (nSPS) is 24.4. The van der Waals surface area contributed by atoms with Crippen molar-refractivity contribution in [2.75, 3.05) is 11.9 Å². The quantitative estimate of drug-likeness (QED) is 0.238. The third-order valence-electron chi connectivity index (χ3n) is 6.64. The first-order chi connectivity index (χ1) is 17.8. The zero-order valence-electron chi connectivity index (χ0n) is 20.4. The van der Waals surface area contributed by atoms with Crippen LogP contribution in [0.4, 0.5) is 29.1 Å². The van der Waals surface area contributed by atoms with E-state index in [1.54, 1.807) is 6.07 Å². The molecular formula is C24H23F4N7O2S. The number of nitrogens with one attached hydrogen (secondary N) is 1. The molecule has 0 spiro atoms. The maximum absolute atomic E-state index is 15.1. The van der Waals surface area contributed by atoms with E-state index in [9.17, 15) is 18.3 Å². The number of aliphatic imine (C=N–C) groups is 1. The number of thioether (sulfide) groups is 1. The zero-order valence-corrected chi connectivity index (χ0v) is 21.2. The summed E-state index contributed by atoms with van der Waals surface area (Å²) in [6.45, 7) is 4.19. The Morgan fingerprint density at radius 3 is 2.66 bits per heavy atom. The highest BCUT2D eigenvalue weighted by Gasteiger charge is 2.60. The van der Waals surface area contributed by atoms with Gasteiger partial charge in [0.1, 0.15) is 24.2 Å². The minimum absolute atomic E-state index is 0.0507. The number of pyridine rings is 2. The number of terminal acetylenes is 1. The highest BCUT2D eigenvalue weighted by Crippen LogP contribution is 2.54. The molecule has 1 aliphatic rings. The van der Waals surface area contributed by atoms with Crippen LogP contribution >= 0.6 is 11.8 Å². The van der Waals surface area contributed by atoms with E-state index in [2.05, 4.69) is 36.2 Å². The summed E-state index contributed by atoms with van der Waals surface area (Å²) in [6, 6.07) is 2.98. The van der Waals surface area contributed by atoms with Gasteiger partial charge in [-0.1, -0.05) is 24.6 Å². The number of ether oxygens (including phenoxy) is 1. The number of alkyl halides is 3. The van der Waals surface area contributed by atoms with Crippen molar-refractivity contribution in [1.29, 1.82) is 0 Å².